The third kappa shape index (κ3) is 2.86. The van der Waals surface area contributed by atoms with Crippen LogP contribution in [0.3, 0.4) is 0 Å². The van der Waals surface area contributed by atoms with Crippen LogP contribution in [0.5, 0.6) is 0 Å². The molecule has 4 unspecified atom stereocenters. The molecule has 0 spiro atoms. The Kier molecular flexibility index (Phi) is 6.35. The maximum Gasteiger partial charge on any atom is 0.149 e. The number of hydrogen-bond donors (Lipinski definition) is 1. The average Bonchev–Trinajstić information content (AvgIpc) is 2.56. The first-order valence-corrected chi connectivity index (χ1v) is 7.50. The van der Waals surface area contributed by atoms with Crippen molar-refractivity contribution >= 4 is 34.2 Å². The largest absolute Gasteiger partial charge is 0.394 e. The lowest BCUT2D eigenvalue weighted by Crippen LogP contribution is -2.36. The molecule has 1 aliphatic heterocycles. The van der Waals surface area contributed by atoms with E-state index in [2.05, 4.69) is 18.4 Å². The van der Waals surface area contributed by atoms with Gasteiger partial charge in [-0.3, -0.25) is 0 Å². The minimum Gasteiger partial charge on any atom is -0.394 e. The van der Waals surface area contributed by atoms with Gasteiger partial charge in [0, 0.05) is 18.0 Å². The van der Waals surface area contributed by atoms with Crippen LogP contribution in [0, 0.1) is 0 Å². The third-order valence-electron chi connectivity index (χ3n) is 2.22. The van der Waals surface area contributed by atoms with Crippen molar-refractivity contribution in [2.45, 2.75) is 31.1 Å². The second kappa shape index (κ2) is 6.71. The lowest BCUT2D eigenvalue weighted by molar-refractivity contribution is 0.00730. The van der Waals surface area contributed by atoms with Crippen molar-refractivity contribution < 1.29 is 18.9 Å². The zero-order valence-electron chi connectivity index (χ0n) is 7.92. The molecule has 1 aliphatic rings. The highest BCUT2D eigenvalue weighted by Gasteiger charge is 2.44. The van der Waals surface area contributed by atoms with E-state index >= 15 is 0 Å². The maximum atomic E-state index is 9.08. The SMILES string of the molecule is C[B][C@@H]1O[C@H](CO)[C@H](OP)C1OPP. The molecule has 1 radical (unpaired) electrons. The van der Waals surface area contributed by atoms with Crippen LogP contribution < -0.4 is 0 Å². The summed E-state index contributed by atoms with van der Waals surface area (Å²) in [7, 11) is 6.94. The van der Waals surface area contributed by atoms with Gasteiger partial charge in [0.05, 0.1) is 12.6 Å². The van der Waals surface area contributed by atoms with Crippen LogP contribution in [-0.4, -0.2) is 43.3 Å². The topological polar surface area (TPSA) is 47.9 Å². The first-order valence-electron chi connectivity index (χ1n) is 4.31. The van der Waals surface area contributed by atoms with Crippen LogP contribution in [0.2, 0.25) is 6.82 Å². The predicted octanol–water partition coefficient (Wildman–Crippen LogP) is 0.400. The van der Waals surface area contributed by atoms with E-state index in [-0.39, 0.29) is 30.9 Å². The maximum absolute atomic E-state index is 9.08. The van der Waals surface area contributed by atoms with Crippen molar-refractivity contribution in [3.05, 3.63) is 0 Å². The first-order chi connectivity index (χ1) is 6.78. The van der Waals surface area contributed by atoms with E-state index in [1.54, 1.807) is 0 Å². The molecule has 1 heterocycles. The Labute approximate surface area is 91.3 Å². The number of ether oxygens (including phenoxy) is 1. The van der Waals surface area contributed by atoms with Gasteiger partial charge in [0.15, 0.2) is 0 Å². The van der Waals surface area contributed by atoms with Gasteiger partial charge in [-0.15, -0.1) is 0 Å². The molecule has 0 aromatic carbocycles. The van der Waals surface area contributed by atoms with Gasteiger partial charge in [0.1, 0.15) is 25.6 Å². The Morgan fingerprint density at radius 2 is 2.29 bits per heavy atom. The molecule has 4 nitrogen and oxygen atoms in total. The third-order valence-corrected chi connectivity index (χ3v) is 3.35. The summed E-state index contributed by atoms with van der Waals surface area (Å²) in [5.41, 5.74) is 0. The summed E-state index contributed by atoms with van der Waals surface area (Å²) in [5.74, 6) is 0. The zero-order valence-corrected chi connectivity index (χ0v) is 11.2. The second-order valence-electron chi connectivity index (χ2n) is 2.96. The van der Waals surface area contributed by atoms with Crippen LogP contribution in [0.1, 0.15) is 0 Å². The molecule has 0 aromatic rings. The summed E-state index contributed by atoms with van der Waals surface area (Å²) in [6.45, 7) is 1.86. The average molecular weight is 255 g/mol. The molecule has 14 heavy (non-hydrogen) atoms. The normalized spacial score (nSPS) is 38.3. The number of aliphatic hydroxyl groups is 1. The van der Waals surface area contributed by atoms with Gasteiger partial charge < -0.3 is 18.9 Å². The van der Waals surface area contributed by atoms with Crippen molar-refractivity contribution in [3.63, 3.8) is 0 Å². The fourth-order valence-corrected chi connectivity index (χ4v) is 2.78. The first kappa shape index (κ1) is 13.3. The highest BCUT2D eigenvalue weighted by atomic mass is 32.0. The molecule has 1 N–H and O–H groups in total. The highest BCUT2D eigenvalue weighted by molar-refractivity contribution is 8.00. The van der Waals surface area contributed by atoms with Crippen LogP contribution in [0.4, 0.5) is 0 Å². The van der Waals surface area contributed by atoms with Crippen LogP contribution in [0.25, 0.3) is 0 Å². The molecule has 1 saturated heterocycles. The van der Waals surface area contributed by atoms with E-state index in [1.165, 1.54) is 0 Å². The molecule has 1 fully saturated rings. The molecular formula is C6H15BO4P3. The van der Waals surface area contributed by atoms with Gasteiger partial charge in [0.25, 0.3) is 0 Å². The van der Waals surface area contributed by atoms with Gasteiger partial charge >= 0.3 is 0 Å². The van der Waals surface area contributed by atoms with Gasteiger partial charge in [-0.1, -0.05) is 15.8 Å². The number of rotatable bonds is 5. The quantitative estimate of drug-likeness (QED) is 0.570. The summed E-state index contributed by atoms with van der Waals surface area (Å²) < 4.78 is 16.3. The molecule has 0 amide bonds. The second-order valence-corrected chi connectivity index (χ2v) is 4.41. The summed E-state index contributed by atoms with van der Waals surface area (Å²) in [5, 5.41) is 9.08. The van der Waals surface area contributed by atoms with Crippen LogP contribution >= 0.6 is 26.9 Å². The van der Waals surface area contributed by atoms with E-state index < -0.39 is 0 Å². The predicted molar refractivity (Wildman–Crippen MR) is 64.8 cm³/mol. The van der Waals surface area contributed by atoms with Crippen molar-refractivity contribution in [2.24, 2.45) is 0 Å². The molecule has 0 aromatic heterocycles. The van der Waals surface area contributed by atoms with E-state index in [0.717, 1.165) is 0 Å². The van der Waals surface area contributed by atoms with Crippen molar-refractivity contribution in [3.8, 4) is 0 Å². The van der Waals surface area contributed by atoms with Crippen LogP contribution in [0.15, 0.2) is 0 Å². The summed E-state index contributed by atoms with van der Waals surface area (Å²) in [6, 6.07) is -0.106. The smallest absolute Gasteiger partial charge is 0.149 e. The Morgan fingerprint density at radius 1 is 1.57 bits per heavy atom. The fraction of sp³-hybridized carbons (Fsp3) is 1.00. The zero-order chi connectivity index (χ0) is 10.6. The van der Waals surface area contributed by atoms with Crippen molar-refractivity contribution in [1.82, 2.24) is 0 Å². The molecule has 0 saturated carbocycles. The monoisotopic (exact) mass is 255 g/mol. The lowest BCUT2D eigenvalue weighted by atomic mass is 9.72. The van der Waals surface area contributed by atoms with Crippen molar-refractivity contribution in [2.75, 3.05) is 6.61 Å². The minimum absolute atomic E-state index is 0.0523. The Bertz CT molecular complexity index is 175. The van der Waals surface area contributed by atoms with Gasteiger partial charge in [0.2, 0.25) is 0 Å². The standard InChI is InChI=1S/C6H15BO4P3/c1-7-6-5(11-14-13)4(10-12)3(2-8)9-6/h3-6,8,14H,2,12-13H2,1H3/t3-,4+,5?,6-/m1/s1. The van der Waals surface area contributed by atoms with E-state index in [0.29, 0.717) is 8.50 Å². The molecule has 81 valence electrons. The highest BCUT2D eigenvalue weighted by Crippen LogP contribution is 2.34. The lowest BCUT2D eigenvalue weighted by Gasteiger charge is -2.21. The summed E-state index contributed by atoms with van der Waals surface area (Å²) in [6.07, 6.45) is -0.662. The molecule has 0 aliphatic carbocycles. The Balaban J connectivity index is 2.64. The molecular weight excluding hydrogens is 240 g/mol. The Hall–Kier alpha value is 1.19. The van der Waals surface area contributed by atoms with E-state index in [1.807, 2.05) is 14.1 Å². The molecule has 0 bridgehead atoms. The fourth-order valence-electron chi connectivity index (χ4n) is 1.55. The van der Waals surface area contributed by atoms with Crippen molar-refractivity contribution in [1.29, 1.82) is 0 Å². The Morgan fingerprint density at radius 3 is 2.71 bits per heavy atom. The minimum atomic E-state index is -0.306. The van der Waals surface area contributed by atoms with Crippen LogP contribution in [-0.2, 0) is 13.8 Å². The molecule has 1 rings (SSSR count). The molecule has 7 atom stereocenters. The van der Waals surface area contributed by atoms with E-state index in [9.17, 15) is 0 Å². The number of aliphatic hydroxyl groups excluding tert-OH is 1. The van der Waals surface area contributed by atoms with Gasteiger partial charge in [-0.25, -0.2) is 0 Å². The summed E-state index contributed by atoms with van der Waals surface area (Å²) >= 11 is 0. The number of hydrogen-bond acceptors (Lipinski definition) is 4. The molecule has 8 heteroatoms. The summed E-state index contributed by atoms with van der Waals surface area (Å²) in [4.78, 5) is 0. The van der Waals surface area contributed by atoms with Gasteiger partial charge in [-0.05, 0) is 0 Å². The van der Waals surface area contributed by atoms with Gasteiger partial charge in [-0.2, -0.15) is 0 Å². The van der Waals surface area contributed by atoms with E-state index in [4.69, 9.17) is 18.9 Å².